The highest BCUT2D eigenvalue weighted by atomic mass is 32.2. The van der Waals surface area contributed by atoms with E-state index in [2.05, 4.69) is 30.9 Å². The fraction of sp³-hybridized carbons (Fsp3) is 0. The van der Waals surface area contributed by atoms with Crippen LogP contribution in [0.2, 0.25) is 0 Å². The predicted molar refractivity (Wildman–Crippen MR) is 162 cm³/mol. The third-order valence-electron chi connectivity index (χ3n) is 6.30. The van der Waals surface area contributed by atoms with Gasteiger partial charge in [-0.25, -0.2) is 9.59 Å². The predicted octanol–water partition coefficient (Wildman–Crippen LogP) is 3.85. The largest absolute Gasteiger partial charge is 0.479 e. The number of aromatic hydroxyl groups is 1. The van der Waals surface area contributed by atoms with Crippen molar-refractivity contribution in [2.45, 2.75) is 9.79 Å². The van der Waals surface area contributed by atoms with Crippen molar-refractivity contribution in [1.82, 2.24) is 15.0 Å². The summed E-state index contributed by atoms with van der Waals surface area (Å²) >= 11 is 0. The summed E-state index contributed by atoms with van der Waals surface area (Å²) in [7, 11) is -9.91. The highest BCUT2D eigenvalue weighted by Crippen LogP contribution is 2.37. The molecule has 4 aromatic carbocycles. The van der Waals surface area contributed by atoms with E-state index in [4.69, 9.17) is 0 Å². The summed E-state index contributed by atoms with van der Waals surface area (Å²) in [4.78, 5) is 33.4. The number of benzene rings is 4. The lowest BCUT2D eigenvalue weighted by Gasteiger charge is -2.17. The molecule has 5 rings (SSSR count). The van der Waals surface area contributed by atoms with Crippen LogP contribution in [0.4, 0.5) is 34.6 Å². The van der Waals surface area contributed by atoms with Crippen molar-refractivity contribution in [3.63, 3.8) is 0 Å². The molecule has 0 bridgehead atoms. The maximum absolute atomic E-state index is 12.4. The lowest BCUT2D eigenvalue weighted by Crippen LogP contribution is -2.09. The monoisotopic (exact) mass is 668 g/mol. The molecule has 0 atom stereocenters. The Hall–Kier alpha value is -5.89. The number of para-hydroxylation sites is 2. The zero-order valence-electron chi connectivity index (χ0n) is 22.8. The van der Waals surface area contributed by atoms with Crippen LogP contribution >= 0.6 is 0 Å². The molecule has 1 aromatic heterocycles. The number of hydrogen-bond donors (Lipinski definition) is 8. The summed E-state index contributed by atoms with van der Waals surface area (Å²) in [5.41, 5.74) is -0.887. The lowest BCUT2D eigenvalue weighted by molar-refractivity contribution is 0.0687. The number of hydrogen-bond acceptors (Lipinski definition) is 13. The van der Waals surface area contributed by atoms with Gasteiger partial charge < -0.3 is 31.3 Å². The molecule has 1 heterocycles. The number of carbonyl (C=O) groups is 2. The van der Waals surface area contributed by atoms with E-state index in [1.165, 1.54) is 48.5 Å². The van der Waals surface area contributed by atoms with Crippen LogP contribution in [0.5, 0.6) is 6.01 Å². The van der Waals surface area contributed by atoms with E-state index >= 15 is 0 Å². The van der Waals surface area contributed by atoms with Crippen molar-refractivity contribution in [2.75, 3.05) is 16.0 Å². The molecule has 236 valence electrons. The third-order valence-corrected chi connectivity index (χ3v) is 8.03. The molecule has 0 saturated carbocycles. The molecule has 0 amide bonds. The van der Waals surface area contributed by atoms with Crippen molar-refractivity contribution in [2.24, 2.45) is 0 Å². The Balaban J connectivity index is 1.67. The molecule has 19 heteroatoms. The Morgan fingerprint density at radius 2 is 1.13 bits per heavy atom. The van der Waals surface area contributed by atoms with Gasteiger partial charge in [0, 0.05) is 5.39 Å². The van der Waals surface area contributed by atoms with Crippen molar-refractivity contribution < 1.29 is 50.8 Å². The van der Waals surface area contributed by atoms with Gasteiger partial charge in [-0.05, 0) is 53.9 Å². The van der Waals surface area contributed by atoms with E-state index in [0.717, 1.165) is 24.3 Å². The number of aromatic carboxylic acids is 2. The highest BCUT2D eigenvalue weighted by molar-refractivity contribution is 7.86. The molecule has 0 fully saturated rings. The second-order valence-electron chi connectivity index (χ2n) is 9.35. The minimum Gasteiger partial charge on any atom is -0.479 e. The van der Waals surface area contributed by atoms with Crippen molar-refractivity contribution in [3.05, 3.63) is 83.9 Å². The molecule has 0 aliphatic rings. The SMILES string of the molecule is O=C(O)c1ccccc1Nc1nc(O)nc(Nc2cc(S(=O)(=O)O)cc3cc(S(=O)(=O)O)c(Nc4ccccc4C(=O)O)cc23)n1. The van der Waals surface area contributed by atoms with Gasteiger partial charge in [0.2, 0.25) is 11.9 Å². The van der Waals surface area contributed by atoms with Gasteiger partial charge in [-0.1, -0.05) is 24.3 Å². The molecule has 0 unspecified atom stereocenters. The molecule has 0 radical (unpaired) electrons. The Kier molecular flexibility index (Phi) is 8.15. The van der Waals surface area contributed by atoms with E-state index in [1.54, 1.807) is 0 Å². The van der Waals surface area contributed by atoms with Crippen LogP contribution in [0.1, 0.15) is 20.7 Å². The van der Waals surface area contributed by atoms with Gasteiger partial charge in [-0.2, -0.15) is 31.8 Å². The Labute approximate surface area is 258 Å². The van der Waals surface area contributed by atoms with Gasteiger partial charge in [0.25, 0.3) is 20.2 Å². The fourth-order valence-electron chi connectivity index (χ4n) is 4.35. The van der Waals surface area contributed by atoms with Crippen molar-refractivity contribution in [1.29, 1.82) is 0 Å². The fourth-order valence-corrected chi connectivity index (χ4v) is 5.55. The number of nitrogens with zero attached hydrogens (tertiary/aromatic N) is 3. The first kappa shape index (κ1) is 31.5. The number of carboxylic acids is 2. The molecule has 0 aliphatic heterocycles. The summed E-state index contributed by atoms with van der Waals surface area (Å²) in [6.45, 7) is 0. The van der Waals surface area contributed by atoms with E-state index in [9.17, 15) is 50.8 Å². The van der Waals surface area contributed by atoms with Crippen LogP contribution in [0.3, 0.4) is 0 Å². The summed E-state index contributed by atoms with van der Waals surface area (Å²) in [6.07, 6.45) is 0. The summed E-state index contributed by atoms with van der Waals surface area (Å²) in [5.74, 6) is -3.36. The van der Waals surface area contributed by atoms with Gasteiger partial charge in [0.05, 0.1) is 38.8 Å². The second kappa shape index (κ2) is 11.9. The average molecular weight is 669 g/mol. The molecular weight excluding hydrogens is 648 g/mol. The van der Waals surface area contributed by atoms with Gasteiger partial charge >= 0.3 is 17.9 Å². The molecule has 17 nitrogen and oxygen atoms in total. The minimum absolute atomic E-state index is 0.0424. The van der Waals surface area contributed by atoms with Gasteiger partial charge in [0.15, 0.2) is 0 Å². The smallest absolute Gasteiger partial charge is 0.337 e. The van der Waals surface area contributed by atoms with E-state index in [0.29, 0.717) is 0 Å². The molecule has 0 aliphatic carbocycles. The number of anilines is 6. The maximum atomic E-state index is 12.4. The van der Waals surface area contributed by atoms with Gasteiger partial charge in [-0.15, -0.1) is 0 Å². The molecule has 0 saturated heterocycles. The zero-order chi connectivity index (χ0) is 33.4. The van der Waals surface area contributed by atoms with Gasteiger partial charge in [-0.3, -0.25) is 9.11 Å². The van der Waals surface area contributed by atoms with E-state index < -0.39 is 53.9 Å². The molecule has 5 aromatic rings. The molecule has 0 spiro atoms. The lowest BCUT2D eigenvalue weighted by atomic mass is 10.1. The van der Waals surface area contributed by atoms with E-state index in [-0.39, 0.29) is 50.6 Å². The average Bonchev–Trinajstić information content (AvgIpc) is 2.96. The third kappa shape index (κ3) is 6.76. The summed E-state index contributed by atoms with van der Waals surface area (Å²) in [6, 6.07) is 14.3. The van der Waals surface area contributed by atoms with Crippen molar-refractivity contribution in [3.8, 4) is 6.01 Å². The van der Waals surface area contributed by atoms with Crippen LogP contribution in [0.25, 0.3) is 10.8 Å². The Bertz CT molecular complexity index is 2280. The number of fused-ring (bicyclic) bond motifs is 1. The van der Waals surface area contributed by atoms with Crippen LogP contribution < -0.4 is 16.0 Å². The standard InChI is InChI=1S/C27H20N6O11S2/c34-23(35)15-5-1-3-7-18(15)28-21-12-17-13(10-22(21)46(42,43)44)9-14(45(39,40)41)11-20(17)30-26-31-25(32-27(38)33-26)29-19-8-4-2-6-16(19)24(36)37/h1-12,28H,(H,34,35)(H,36,37)(H,39,40,41)(H,42,43,44)(H3,29,30,31,32,33,38). The Morgan fingerprint density at radius 3 is 1.65 bits per heavy atom. The highest BCUT2D eigenvalue weighted by Gasteiger charge is 2.23. The second-order valence-corrected chi connectivity index (χ2v) is 12.2. The van der Waals surface area contributed by atoms with Crippen LogP contribution in [0.15, 0.2) is 82.6 Å². The normalized spacial score (nSPS) is 11.6. The van der Waals surface area contributed by atoms with Crippen LogP contribution in [-0.2, 0) is 20.2 Å². The number of aromatic nitrogens is 3. The van der Waals surface area contributed by atoms with Crippen LogP contribution in [-0.4, -0.2) is 68.2 Å². The maximum Gasteiger partial charge on any atom is 0.337 e. The van der Waals surface area contributed by atoms with E-state index in [1.807, 2.05) is 0 Å². The molecule has 8 N–H and O–H groups in total. The van der Waals surface area contributed by atoms with Crippen molar-refractivity contribution >= 4 is 77.6 Å². The topological polar surface area (TPSA) is 278 Å². The Morgan fingerprint density at radius 1 is 0.609 bits per heavy atom. The number of nitrogens with one attached hydrogen (secondary N) is 3. The minimum atomic E-state index is -5.01. The quantitative estimate of drug-likeness (QED) is 0.0981. The first-order valence-electron chi connectivity index (χ1n) is 12.6. The molecular formula is C27H20N6O11S2. The first-order valence-corrected chi connectivity index (χ1v) is 15.5. The van der Waals surface area contributed by atoms with Crippen LogP contribution in [0, 0.1) is 0 Å². The summed E-state index contributed by atoms with van der Waals surface area (Å²) in [5, 5.41) is 37.1. The summed E-state index contributed by atoms with van der Waals surface area (Å²) < 4.78 is 68.8. The number of rotatable bonds is 10. The molecule has 46 heavy (non-hydrogen) atoms. The number of carboxylic acid groups (broad SMARTS) is 2. The van der Waals surface area contributed by atoms with Gasteiger partial charge in [0.1, 0.15) is 4.90 Å². The first-order chi connectivity index (χ1) is 21.6. The zero-order valence-corrected chi connectivity index (χ0v) is 24.4.